The Labute approximate surface area is 184 Å². The van der Waals surface area contributed by atoms with Crippen LogP contribution in [0.2, 0.25) is 10.0 Å². The third-order valence-electron chi connectivity index (χ3n) is 5.22. The van der Waals surface area contributed by atoms with Gasteiger partial charge in [0.15, 0.2) is 0 Å². The van der Waals surface area contributed by atoms with Crippen LogP contribution in [0.3, 0.4) is 0 Å². The molecule has 1 aliphatic heterocycles. The molecule has 0 radical (unpaired) electrons. The second-order valence-electron chi connectivity index (χ2n) is 8.79. The Bertz CT molecular complexity index is 1220. The molecule has 3 aromatic rings. The van der Waals surface area contributed by atoms with E-state index < -0.39 is 5.66 Å². The summed E-state index contributed by atoms with van der Waals surface area (Å²) in [5.74, 6) is 0.427. The Kier molecular flexibility index (Phi) is 5.03. The number of nitrogens with zero attached hydrogens (tertiary/aromatic N) is 1. The van der Waals surface area contributed by atoms with E-state index in [-0.39, 0.29) is 16.9 Å². The molecular weight excluding hydrogens is 423 g/mol. The quantitative estimate of drug-likeness (QED) is 0.541. The SMILES string of the molecule is CC(C)(Cc1nc2ccc(Cl)cc2c(=O)[nH]1)CC1(C)NC(=O)c2cc(Cl)ccc2N1. The normalized spacial score (nSPS) is 18.6. The van der Waals surface area contributed by atoms with E-state index in [4.69, 9.17) is 23.2 Å². The fourth-order valence-electron chi connectivity index (χ4n) is 4.26. The van der Waals surface area contributed by atoms with Gasteiger partial charge in [-0.25, -0.2) is 4.98 Å². The van der Waals surface area contributed by atoms with Crippen molar-refractivity contribution in [3.05, 3.63) is 68.2 Å². The van der Waals surface area contributed by atoms with Gasteiger partial charge in [0.25, 0.3) is 11.5 Å². The molecule has 0 fully saturated rings. The van der Waals surface area contributed by atoms with Crippen molar-refractivity contribution in [2.24, 2.45) is 5.41 Å². The number of hydrogen-bond donors (Lipinski definition) is 3. The molecular formula is C22H22Cl2N4O2. The van der Waals surface area contributed by atoms with Crippen molar-refractivity contribution in [1.29, 1.82) is 0 Å². The predicted molar refractivity (Wildman–Crippen MR) is 120 cm³/mol. The standard InChI is InChI=1S/C22H22Cl2N4O2/c1-21(2,10-18-25-16-6-4-12(23)8-14(16)19(29)26-18)11-22(3)27-17-7-5-13(24)9-15(17)20(30)28-22/h4-9,27H,10-11H2,1-3H3,(H,28,30)(H,25,26,29). The molecule has 1 amide bonds. The molecule has 30 heavy (non-hydrogen) atoms. The largest absolute Gasteiger partial charge is 0.362 e. The van der Waals surface area contributed by atoms with Gasteiger partial charge in [-0.1, -0.05) is 37.0 Å². The van der Waals surface area contributed by atoms with E-state index in [0.717, 1.165) is 5.69 Å². The summed E-state index contributed by atoms with van der Waals surface area (Å²) in [7, 11) is 0. The van der Waals surface area contributed by atoms with Gasteiger partial charge in [0, 0.05) is 22.2 Å². The third kappa shape index (κ3) is 4.16. The minimum atomic E-state index is -0.661. The van der Waals surface area contributed by atoms with E-state index in [0.29, 0.717) is 45.2 Å². The summed E-state index contributed by atoms with van der Waals surface area (Å²) in [5.41, 5.74) is 0.721. The summed E-state index contributed by atoms with van der Waals surface area (Å²) in [6.07, 6.45) is 1.14. The van der Waals surface area contributed by atoms with Crippen molar-refractivity contribution in [3.63, 3.8) is 0 Å². The first-order chi connectivity index (χ1) is 14.0. The lowest BCUT2D eigenvalue weighted by molar-refractivity contribution is 0.0880. The van der Waals surface area contributed by atoms with Crippen LogP contribution in [0.25, 0.3) is 10.9 Å². The molecule has 1 aliphatic rings. The summed E-state index contributed by atoms with van der Waals surface area (Å²) >= 11 is 12.0. The highest BCUT2D eigenvalue weighted by molar-refractivity contribution is 6.31. The number of benzene rings is 2. The molecule has 0 saturated carbocycles. The minimum absolute atomic E-state index is 0.168. The number of halogens is 2. The van der Waals surface area contributed by atoms with Gasteiger partial charge < -0.3 is 15.6 Å². The highest BCUT2D eigenvalue weighted by Crippen LogP contribution is 2.35. The van der Waals surface area contributed by atoms with Gasteiger partial charge in [0.2, 0.25) is 0 Å². The second kappa shape index (κ2) is 7.29. The Hall–Kier alpha value is -2.57. The number of fused-ring (bicyclic) bond motifs is 2. The van der Waals surface area contributed by atoms with Crippen molar-refractivity contribution >= 4 is 45.7 Å². The number of rotatable bonds is 4. The second-order valence-corrected chi connectivity index (χ2v) is 9.67. The van der Waals surface area contributed by atoms with Crippen LogP contribution in [-0.2, 0) is 6.42 Å². The molecule has 1 unspecified atom stereocenters. The molecule has 0 bridgehead atoms. The Balaban J connectivity index is 1.58. The zero-order valence-electron chi connectivity index (χ0n) is 16.9. The molecule has 8 heteroatoms. The van der Waals surface area contributed by atoms with E-state index in [1.165, 1.54) is 0 Å². The number of hydrogen-bond acceptors (Lipinski definition) is 4. The maximum atomic E-state index is 12.6. The molecule has 1 atom stereocenters. The van der Waals surface area contributed by atoms with Crippen molar-refractivity contribution in [1.82, 2.24) is 15.3 Å². The fourth-order valence-corrected chi connectivity index (χ4v) is 4.61. The number of carbonyl (C=O) groups excluding carboxylic acids is 1. The van der Waals surface area contributed by atoms with Gasteiger partial charge in [-0.2, -0.15) is 0 Å². The van der Waals surface area contributed by atoms with E-state index in [9.17, 15) is 9.59 Å². The average molecular weight is 445 g/mol. The molecule has 6 nitrogen and oxygen atoms in total. The van der Waals surface area contributed by atoms with Crippen molar-refractivity contribution in [2.75, 3.05) is 5.32 Å². The van der Waals surface area contributed by atoms with Gasteiger partial charge in [0.05, 0.1) is 16.5 Å². The minimum Gasteiger partial charge on any atom is -0.362 e. The van der Waals surface area contributed by atoms with Crippen LogP contribution in [0, 0.1) is 5.41 Å². The maximum absolute atomic E-state index is 12.6. The highest BCUT2D eigenvalue weighted by atomic mass is 35.5. The fraction of sp³-hybridized carbons (Fsp3) is 0.318. The first-order valence-electron chi connectivity index (χ1n) is 9.62. The lowest BCUT2D eigenvalue weighted by Gasteiger charge is -2.42. The molecule has 3 N–H and O–H groups in total. The maximum Gasteiger partial charge on any atom is 0.258 e. The topological polar surface area (TPSA) is 86.9 Å². The molecule has 0 aliphatic carbocycles. The van der Waals surface area contributed by atoms with Crippen molar-refractivity contribution in [2.45, 2.75) is 39.3 Å². The highest BCUT2D eigenvalue weighted by Gasteiger charge is 2.38. The molecule has 4 rings (SSSR count). The van der Waals surface area contributed by atoms with Gasteiger partial charge >= 0.3 is 0 Å². The number of aromatic amines is 1. The van der Waals surface area contributed by atoms with Crippen LogP contribution in [0.15, 0.2) is 41.2 Å². The number of amides is 1. The number of carbonyl (C=O) groups is 1. The van der Waals surface area contributed by atoms with E-state index in [1.54, 1.807) is 30.3 Å². The van der Waals surface area contributed by atoms with E-state index in [1.807, 2.05) is 13.0 Å². The van der Waals surface area contributed by atoms with Crippen LogP contribution < -0.4 is 16.2 Å². The van der Waals surface area contributed by atoms with Crippen LogP contribution >= 0.6 is 23.2 Å². The van der Waals surface area contributed by atoms with Crippen molar-refractivity contribution < 1.29 is 4.79 Å². The van der Waals surface area contributed by atoms with Gasteiger partial charge in [-0.3, -0.25) is 9.59 Å². The predicted octanol–water partition coefficient (Wildman–Crippen LogP) is 4.76. The summed E-state index contributed by atoms with van der Waals surface area (Å²) in [6.45, 7) is 6.10. The number of H-pyrrole nitrogens is 1. The Morgan fingerprint density at radius 1 is 1.03 bits per heavy atom. The smallest absolute Gasteiger partial charge is 0.258 e. The lowest BCUT2D eigenvalue weighted by Crippen LogP contribution is -2.57. The zero-order valence-corrected chi connectivity index (χ0v) is 18.4. The van der Waals surface area contributed by atoms with Crippen LogP contribution in [0.5, 0.6) is 0 Å². The summed E-state index contributed by atoms with van der Waals surface area (Å²) < 4.78 is 0. The molecule has 1 aromatic heterocycles. The van der Waals surface area contributed by atoms with Gasteiger partial charge in [0.1, 0.15) is 11.5 Å². The van der Waals surface area contributed by atoms with Gasteiger partial charge in [-0.05, 0) is 55.2 Å². The first kappa shape index (κ1) is 20.7. The number of anilines is 1. The zero-order chi connectivity index (χ0) is 21.7. The molecule has 156 valence electrons. The van der Waals surface area contributed by atoms with Crippen LogP contribution in [-0.4, -0.2) is 21.5 Å². The Morgan fingerprint density at radius 3 is 2.50 bits per heavy atom. The van der Waals surface area contributed by atoms with Gasteiger partial charge in [-0.15, -0.1) is 0 Å². The lowest BCUT2D eigenvalue weighted by atomic mass is 9.79. The van der Waals surface area contributed by atoms with E-state index >= 15 is 0 Å². The summed E-state index contributed by atoms with van der Waals surface area (Å²) in [6, 6.07) is 10.3. The van der Waals surface area contributed by atoms with E-state index in [2.05, 4.69) is 34.4 Å². The van der Waals surface area contributed by atoms with Crippen LogP contribution in [0.4, 0.5) is 5.69 Å². The molecule has 2 aromatic carbocycles. The summed E-state index contributed by atoms with van der Waals surface area (Å²) in [5, 5.41) is 7.95. The number of aromatic nitrogens is 2. The molecule has 0 saturated heterocycles. The average Bonchev–Trinajstić information content (AvgIpc) is 2.62. The van der Waals surface area contributed by atoms with Crippen molar-refractivity contribution in [3.8, 4) is 0 Å². The first-order valence-corrected chi connectivity index (χ1v) is 10.4. The number of nitrogens with one attached hydrogen (secondary N) is 3. The molecule has 0 spiro atoms. The third-order valence-corrected chi connectivity index (χ3v) is 5.69. The monoisotopic (exact) mass is 444 g/mol. The van der Waals surface area contributed by atoms with Crippen LogP contribution in [0.1, 0.15) is 43.4 Å². The summed E-state index contributed by atoms with van der Waals surface area (Å²) in [4.78, 5) is 32.6. The molecule has 2 heterocycles. The Morgan fingerprint density at radius 2 is 1.73 bits per heavy atom.